The van der Waals surface area contributed by atoms with Gasteiger partial charge in [-0.3, -0.25) is 4.79 Å². The number of halogens is 1. The predicted molar refractivity (Wildman–Crippen MR) is 61.8 cm³/mol. The van der Waals surface area contributed by atoms with Gasteiger partial charge < -0.3 is 9.88 Å². The van der Waals surface area contributed by atoms with Crippen LogP contribution in [-0.4, -0.2) is 28.7 Å². The van der Waals surface area contributed by atoms with Crippen LogP contribution < -0.4 is 0 Å². The summed E-state index contributed by atoms with van der Waals surface area (Å²) in [6.07, 6.45) is 1.85. The number of carbonyl (C=O) groups excluding carboxylic acids is 1. The molecule has 0 atom stereocenters. The van der Waals surface area contributed by atoms with Gasteiger partial charge in [0.25, 0.3) is 0 Å². The van der Waals surface area contributed by atoms with Crippen molar-refractivity contribution in [3.05, 3.63) is 24.0 Å². The number of aromatic nitrogens is 1. The van der Waals surface area contributed by atoms with Gasteiger partial charge >= 0.3 is 0 Å². The summed E-state index contributed by atoms with van der Waals surface area (Å²) >= 11 is 5.76. The zero-order valence-electron chi connectivity index (χ0n) is 9.38. The van der Waals surface area contributed by atoms with Gasteiger partial charge in [-0.1, -0.05) is 0 Å². The van der Waals surface area contributed by atoms with Crippen LogP contribution >= 0.6 is 11.6 Å². The normalized spacial score (nSPS) is 11.5. The van der Waals surface area contributed by atoms with Crippen molar-refractivity contribution in [3.8, 4) is 0 Å². The van der Waals surface area contributed by atoms with Crippen molar-refractivity contribution in [3.63, 3.8) is 0 Å². The molecule has 0 saturated carbocycles. The van der Waals surface area contributed by atoms with Gasteiger partial charge in [0, 0.05) is 24.8 Å². The summed E-state index contributed by atoms with van der Waals surface area (Å²) in [7, 11) is 1.79. The number of amides is 1. The van der Waals surface area contributed by atoms with E-state index in [4.69, 9.17) is 11.6 Å². The lowest BCUT2D eigenvalue weighted by molar-refractivity contribution is -0.138. The molecule has 0 fully saturated rings. The number of alkyl halides is 1. The highest BCUT2D eigenvalue weighted by molar-refractivity contribution is 6.19. The first-order valence-electron chi connectivity index (χ1n) is 4.91. The zero-order chi connectivity index (χ0) is 11.5. The molecule has 1 amide bonds. The second kappa shape index (κ2) is 4.71. The number of nitrogens with one attached hydrogen (secondary N) is 1. The summed E-state index contributed by atoms with van der Waals surface area (Å²) in [5.74, 6) is 0.396. The minimum absolute atomic E-state index is 0.0621. The van der Waals surface area contributed by atoms with Crippen LogP contribution in [0.3, 0.4) is 0 Å². The third-order valence-corrected chi connectivity index (χ3v) is 3.00. The van der Waals surface area contributed by atoms with Gasteiger partial charge in [0.2, 0.25) is 5.91 Å². The monoisotopic (exact) mass is 228 g/mol. The largest absolute Gasteiger partial charge is 0.364 e. The van der Waals surface area contributed by atoms with E-state index >= 15 is 0 Å². The fourth-order valence-electron chi connectivity index (χ4n) is 1.37. The van der Waals surface area contributed by atoms with E-state index in [1.165, 1.54) is 0 Å². The Balaban J connectivity index is 2.61. The van der Waals surface area contributed by atoms with Crippen LogP contribution in [0.4, 0.5) is 0 Å². The van der Waals surface area contributed by atoms with Crippen LogP contribution in [0.1, 0.15) is 19.5 Å². The number of aromatic amines is 1. The molecular formula is C11H17ClN2O. The molecule has 15 heavy (non-hydrogen) atoms. The number of rotatable bonds is 4. The Kier molecular flexibility index (Phi) is 3.80. The van der Waals surface area contributed by atoms with E-state index in [1.54, 1.807) is 11.9 Å². The number of H-pyrrole nitrogens is 1. The van der Waals surface area contributed by atoms with Gasteiger partial charge in [-0.15, -0.1) is 11.6 Å². The maximum atomic E-state index is 11.9. The van der Waals surface area contributed by atoms with E-state index < -0.39 is 5.41 Å². The molecule has 0 aliphatic carbocycles. The highest BCUT2D eigenvalue weighted by atomic mass is 35.5. The molecule has 0 bridgehead atoms. The molecule has 0 radical (unpaired) electrons. The zero-order valence-corrected chi connectivity index (χ0v) is 10.1. The number of nitrogens with zero attached hydrogens (tertiary/aromatic N) is 1. The molecular weight excluding hydrogens is 212 g/mol. The minimum atomic E-state index is -0.497. The highest BCUT2D eigenvalue weighted by Crippen LogP contribution is 2.20. The number of hydrogen-bond donors (Lipinski definition) is 1. The molecule has 84 valence electrons. The first kappa shape index (κ1) is 12.1. The lowest BCUT2D eigenvalue weighted by Crippen LogP contribution is -2.39. The van der Waals surface area contributed by atoms with E-state index in [0.29, 0.717) is 12.4 Å². The standard InChI is InChI=1S/C11H17ClN2O/c1-11(2,8-12)10(15)14(3)7-9-5-4-6-13-9/h4-6,13H,7-8H2,1-3H3. The van der Waals surface area contributed by atoms with E-state index in [-0.39, 0.29) is 5.91 Å². The maximum absolute atomic E-state index is 11.9. The van der Waals surface area contributed by atoms with E-state index in [1.807, 2.05) is 32.2 Å². The van der Waals surface area contributed by atoms with E-state index in [0.717, 1.165) is 5.69 Å². The molecule has 1 N–H and O–H groups in total. The SMILES string of the molecule is CN(Cc1ccc[nH]1)C(=O)C(C)(C)CCl. The quantitative estimate of drug-likeness (QED) is 0.789. The molecule has 1 rings (SSSR count). The van der Waals surface area contributed by atoms with Gasteiger partial charge in [0.05, 0.1) is 12.0 Å². The smallest absolute Gasteiger partial charge is 0.229 e. The molecule has 4 heteroatoms. The molecule has 1 aromatic rings. The molecule has 0 unspecified atom stereocenters. The number of hydrogen-bond acceptors (Lipinski definition) is 1. The molecule has 0 saturated heterocycles. The Bertz CT molecular complexity index is 319. The van der Waals surface area contributed by atoms with Crippen molar-refractivity contribution in [2.24, 2.45) is 5.41 Å². The summed E-state index contributed by atoms with van der Waals surface area (Å²) < 4.78 is 0. The fraction of sp³-hybridized carbons (Fsp3) is 0.545. The van der Waals surface area contributed by atoms with Crippen LogP contribution in [0.5, 0.6) is 0 Å². The average Bonchev–Trinajstić information content (AvgIpc) is 2.69. The van der Waals surface area contributed by atoms with Gasteiger partial charge in [0.15, 0.2) is 0 Å². The molecule has 3 nitrogen and oxygen atoms in total. The first-order chi connectivity index (χ1) is 6.97. The summed E-state index contributed by atoms with van der Waals surface area (Å²) in [6, 6.07) is 3.87. The summed E-state index contributed by atoms with van der Waals surface area (Å²) in [4.78, 5) is 16.7. The van der Waals surface area contributed by atoms with Crippen molar-refractivity contribution in [2.45, 2.75) is 20.4 Å². The lowest BCUT2D eigenvalue weighted by Gasteiger charge is -2.27. The second-order valence-electron chi connectivity index (χ2n) is 4.37. The topological polar surface area (TPSA) is 36.1 Å². The first-order valence-corrected chi connectivity index (χ1v) is 5.44. The van der Waals surface area contributed by atoms with Crippen molar-refractivity contribution in [1.82, 2.24) is 9.88 Å². The lowest BCUT2D eigenvalue weighted by atomic mass is 9.94. The van der Waals surface area contributed by atoms with Crippen LogP contribution in [-0.2, 0) is 11.3 Å². The van der Waals surface area contributed by atoms with Gasteiger partial charge in [-0.05, 0) is 26.0 Å². The second-order valence-corrected chi connectivity index (χ2v) is 4.64. The summed E-state index contributed by atoms with van der Waals surface area (Å²) in [5, 5.41) is 0. The average molecular weight is 229 g/mol. The Labute approximate surface area is 95.4 Å². The van der Waals surface area contributed by atoms with E-state index in [2.05, 4.69) is 4.98 Å². The molecule has 0 spiro atoms. The van der Waals surface area contributed by atoms with Crippen LogP contribution in [0, 0.1) is 5.41 Å². The maximum Gasteiger partial charge on any atom is 0.229 e. The predicted octanol–water partition coefficient (Wildman–Crippen LogP) is 2.24. The van der Waals surface area contributed by atoms with Crippen molar-refractivity contribution in [1.29, 1.82) is 0 Å². The Hall–Kier alpha value is -0.960. The third-order valence-electron chi connectivity index (χ3n) is 2.33. The Morgan fingerprint density at radius 2 is 2.27 bits per heavy atom. The number of carbonyl (C=O) groups is 1. The van der Waals surface area contributed by atoms with Crippen LogP contribution in [0.2, 0.25) is 0 Å². The van der Waals surface area contributed by atoms with Gasteiger partial charge in [0.1, 0.15) is 0 Å². The highest BCUT2D eigenvalue weighted by Gasteiger charge is 2.29. The van der Waals surface area contributed by atoms with Crippen molar-refractivity contribution >= 4 is 17.5 Å². The van der Waals surface area contributed by atoms with Gasteiger partial charge in [-0.25, -0.2) is 0 Å². The molecule has 0 aromatic carbocycles. The fourth-order valence-corrected chi connectivity index (χ4v) is 1.48. The molecule has 1 heterocycles. The van der Waals surface area contributed by atoms with Crippen LogP contribution in [0.15, 0.2) is 18.3 Å². The Morgan fingerprint density at radius 3 is 2.73 bits per heavy atom. The Morgan fingerprint density at radius 1 is 1.60 bits per heavy atom. The third kappa shape index (κ3) is 2.99. The van der Waals surface area contributed by atoms with Crippen LogP contribution in [0.25, 0.3) is 0 Å². The van der Waals surface area contributed by atoms with Crippen molar-refractivity contribution in [2.75, 3.05) is 12.9 Å². The summed E-state index contributed by atoms with van der Waals surface area (Å²) in [6.45, 7) is 4.30. The van der Waals surface area contributed by atoms with Crippen molar-refractivity contribution < 1.29 is 4.79 Å². The molecule has 0 aliphatic rings. The van der Waals surface area contributed by atoms with E-state index in [9.17, 15) is 4.79 Å². The summed E-state index contributed by atoms with van der Waals surface area (Å²) in [5.41, 5.74) is 0.527. The van der Waals surface area contributed by atoms with Gasteiger partial charge in [-0.2, -0.15) is 0 Å². The minimum Gasteiger partial charge on any atom is -0.364 e. The molecule has 1 aromatic heterocycles. The molecule has 0 aliphatic heterocycles.